The summed E-state index contributed by atoms with van der Waals surface area (Å²) in [7, 11) is 0. The van der Waals surface area contributed by atoms with Crippen LogP contribution in [0.5, 0.6) is 0 Å². The highest BCUT2D eigenvalue weighted by molar-refractivity contribution is 6.01. The number of carbonyl (C=O) groups is 4. The number of carbonyl (C=O) groups excluding carboxylic acids is 2. The lowest BCUT2D eigenvalue weighted by atomic mass is 10.3. The molecule has 3 N–H and O–H groups in total. The van der Waals surface area contributed by atoms with Gasteiger partial charge >= 0.3 is 11.9 Å². The summed E-state index contributed by atoms with van der Waals surface area (Å²) in [5, 5.41) is 17.9. The van der Waals surface area contributed by atoms with Crippen molar-refractivity contribution in [3.8, 4) is 0 Å². The van der Waals surface area contributed by atoms with Gasteiger partial charge in [0.15, 0.2) is 0 Å². The number of hydrogen-bond acceptors (Lipinski definition) is 4. The molecule has 1 saturated heterocycles. The van der Waals surface area contributed by atoms with Gasteiger partial charge in [0.1, 0.15) is 0 Å². The third-order valence-electron chi connectivity index (χ3n) is 1.41. The standard InChI is InChI=1S/C4H5NO2.C4H6O4.C3H8.2H2/c6-3-1-2-4(7)5-3;5-3(6)1-2-4(7)8;1-3-2;;/h1-2H2,(H,5,6,7);1-2H2,(H,5,6)(H,7,8);3H2,1-2H3;2*1H. The summed E-state index contributed by atoms with van der Waals surface area (Å²) in [6.07, 6.45) is 1.41. The average molecular weight is 265 g/mol. The quantitative estimate of drug-likeness (QED) is 0.661. The molecule has 0 aromatic heterocycles. The molecule has 0 aromatic carbocycles. The maximum Gasteiger partial charge on any atom is 0.303 e. The first-order chi connectivity index (χ1) is 8.33. The number of carboxylic acid groups (broad SMARTS) is 2. The van der Waals surface area contributed by atoms with Crippen molar-refractivity contribution in [2.75, 3.05) is 0 Å². The third kappa shape index (κ3) is 16.5. The summed E-state index contributed by atoms with van der Waals surface area (Å²) in [6.45, 7) is 4.25. The first-order valence-electron chi connectivity index (χ1n) is 5.59. The highest BCUT2D eigenvalue weighted by atomic mass is 16.4. The van der Waals surface area contributed by atoms with Crippen molar-refractivity contribution in [2.24, 2.45) is 0 Å². The lowest BCUT2D eigenvalue weighted by Gasteiger charge is -1.85. The molecule has 108 valence electrons. The van der Waals surface area contributed by atoms with Crippen molar-refractivity contribution in [2.45, 2.75) is 46.0 Å². The first kappa shape index (κ1) is 18.4. The van der Waals surface area contributed by atoms with Crippen molar-refractivity contribution >= 4 is 23.8 Å². The fraction of sp³-hybridized carbons (Fsp3) is 0.636. The van der Waals surface area contributed by atoms with Crippen LogP contribution in [0.2, 0.25) is 0 Å². The molecule has 7 heteroatoms. The molecule has 1 fully saturated rings. The number of aliphatic carboxylic acids is 2. The van der Waals surface area contributed by atoms with E-state index in [0.29, 0.717) is 12.8 Å². The molecule has 18 heavy (non-hydrogen) atoms. The Morgan fingerprint density at radius 1 is 1.06 bits per heavy atom. The van der Waals surface area contributed by atoms with Gasteiger partial charge in [0.05, 0.1) is 12.8 Å². The molecule has 1 aliphatic heterocycles. The van der Waals surface area contributed by atoms with Gasteiger partial charge in [-0.25, -0.2) is 0 Å². The molecule has 0 spiro atoms. The highest BCUT2D eigenvalue weighted by Crippen LogP contribution is 1.95. The van der Waals surface area contributed by atoms with Crippen molar-refractivity contribution in [1.82, 2.24) is 5.32 Å². The van der Waals surface area contributed by atoms with Crippen molar-refractivity contribution in [3.05, 3.63) is 0 Å². The summed E-state index contributed by atoms with van der Waals surface area (Å²) >= 11 is 0. The van der Waals surface area contributed by atoms with Crippen molar-refractivity contribution < 1.29 is 32.2 Å². The summed E-state index contributed by atoms with van der Waals surface area (Å²) < 4.78 is 0. The number of hydrogen-bond donors (Lipinski definition) is 3. The zero-order valence-corrected chi connectivity index (χ0v) is 10.6. The number of imide groups is 1. The molecule has 1 rings (SSSR count). The Kier molecular flexibility index (Phi) is 11.8. The molecule has 0 aromatic rings. The lowest BCUT2D eigenvalue weighted by molar-refractivity contribution is -0.143. The molecular formula is C11H23NO6. The van der Waals surface area contributed by atoms with E-state index in [2.05, 4.69) is 19.2 Å². The fourth-order valence-corrected chi connectivity index (χ4v) is 0.721. The smallest absolute Gasteiger partial charge is 0.303 e. The maximum absolute atomic E-state index is 10.1. The predicted molar refractivity (Wildman–Crippen MR) is 67.1 cm³/mol. The predicted octanol–water partition coefficient (Wildman–Crippen LogP) is 1.27. The lowest BCUT2D eigenvalue weighted by Crippen LogP contribution is -2.18. The molecule has 0 atom stereocenters. The van der Waals surface area contributed by atoms with Crippen LogP contribution in [0.1, 0.15) is 48.8 Å². The number of amides is 2. The summed E-state index contributed by atoms with van der Waals surface area (Å²) in [4.78, 5) is 39.5. The van der Waals surface area contributed by atoms with Crippen molar-refractivity contribution in [1.29, 1.82) is 0 Å². The van der Waals surface area contributed by atoms with Gasteiger partial charge in [0.2, 0.25) is 11.8 Å². The van der Waals surface area contributed by atoms with E-state index in [9.17, 15) is 19.2 Å². The van der Waals surface area contributed by atoms with Crippen LogP contribution in [0, 0.1) is 0 Å². The second-order valence-corrected chi connectivity index (χ2v) is 3.47. The molecule has 0 aliphatic carbocycles. The van der Waals surface area contributed by atoms with E-state index in [4.69, 9.17) is 10.2 Å². The van der Waals surface area contributed by atoms with Gasteiger partial charge in [0.25, 0.3) is 0 Å². The van der Waals surface area contributed by atoms with Crippen LogP contribution in [0.4, 0.5) is 0 Å². The Morgan fingerprint density at radius 2 is 1.33 bits per heavy atom. The van der Waals surface area contributed by atoms with Gasteiger partial charge in [-0.15, -0.1) is 0 Å². The van der Waals surface area contributed by atoms with Crippen LogP contribution < -0.4 is 5.32 Å². The minimum absolute atomic E-state index is 0. The van der Waals surface area contributed by atoms with E-state index in [1.54, 1.807) is 0 Å². The first-order valence-corrected chi connectivity index (χ1v) is 5.59. The van der Waals surface area contributed by atoms with Crippen LogP contribution in [-0.2, 0) is 19.2 Å². The normalized spacial score (nSPS) is 12.6. The topological polar surface area (TPSA) is 121 Å². The summed E-state index contributed by atoms with van der Waals surface area (Å²) in [5.41, 5.74) is 0. The molecule has 2 amide bonds. The minimum atomic E-state index is -1.08. The maximum atomic E-state index is 10.1. The van der Waals surface area contributed by atoms with Crippen LogP contribution in [0.3, 0.4) is 0 Å². The van der Waals surface area contributed by atoms with Crippen molar-refractivity contribution in [3.63, 3.8) is 0 Å². The molecule has 0 saturated carbocycles. The largest absolute Gasteiger partial charge is 0.481 e. The fourth-order valence-electron chi connectivity index (χ4n) is 0.721. The van der Waals surface area contributed by atoms with Gasteiger partial charge in [0, 0.05) is 15.7 Å². The molecule has 0 bridgehead atoms. The molecule has 1 aliphatic rings. The van der Waals surface area contributed by atoms with Crippen LogP contribution in [-0.4, -0.2) is 34.0 Å². The Labute approximate surface area is 108 Å². The van der Waals surface area contributed by atoms with E-state index in [1.807, 2.05) is 0 Å². The van der Waals surface area contributed by atoms with Gasteiger partial charge in [-0.05, 0) is 0 Å². The zero-order valence-electron chi connectivity index (χ0n) is 10.6. The second-order valence-electron chi connectivity index (χ2n) is 3.47. The molecular weight excluding hydrogens is 242 g/mol. The highest BCUT2D eigenvalue weighted by Gasteiger charge is 2.15. The second kappa shape index (κ2) is 11.6. The Hall–Kier alpha value is -1.92. The Bertz CT molecular complexity index is 281. The van der Waals surface area contributed by atoms with Gasteiger partial charge in [-0.2, -0.15) is 0 Å². The average Bonchev–Trinajstić information content (AvgIpc) is 2.61. The zero-order chi connectivity index (χ0) is 14.6. The molecule has 0 unspecified atom stereocenters. The van der Waals surface area contributed by atoms with E-state index < -0.39 is 11.9 Å². The van der Waals surface area contributed by atoms with E-state index in [-0.39, 0.29) is 27.5 Å². The van der Waals surface area contributed by atoms with Gasteiger partial charge < -0.3 is 10.2 Å². The molecule has 7 nitrogen and oxygen atoms in total. The van der Waals surface area contributed by atoms with Crippen LogP contribution >= 0.6 is 0 Å². The summed E-state index contributed by atoms with van der Waals surface area (Å²) in [6, 6.07) is 0. The number of rotatable bonds is 3. The van der Waals surface area contributed by atoms with Crippen LogP contribution in [0.15, 0.2) is 0 Å². The van der Waals surface area contributed by atoms with Crippen LogP contribution in [0.25, 0.3) is 0 Å². The number of nitrogens with one attached hydrogen (secondary N) is 1. The number of carboxylic acids is 2. The van der Waals surface area contributed by atoms with Gasteiger partial charge in [-0.3, -0.25) is 24.5 Å². The van der Waals surface area contributed by atoms with E-state index in [1.165, 1.54) is 6.42 Å². The van der Waals surface area contributed by atoms with Gasteiger partial charge in [-0.1, -0.05) is 20.3 Å². The van der Waals surface area contributed by atoms with E-state index >= 15 is 0 Å². The molecule has 0 radical (unpaired) electrons. The Balaban J connectivity index is -0.0000000992. The minimum Gasteiger partial charge on any atom is -0.481 e. The van der Waals surface area contributed by atoms with E-state index in [0.717, 1.165) is 0 Å². The SMILES string of the molecule is CCC.O=C(O)CCC(=O)O.O=C1CCC(=O)N1.[HH].[HH]. The molecule has 1 heterocycles. The third-order valence-corrected chi connectivity index (χ3v) is 1.41. The Morgan fingerprint density at radius 3 is 1.44 bits per heavy atom. The summed E-state index contributed by atoms with van der Waals surface area (Å²) in [5.74, 6) is -2.45. The monoisotopic (exact) mass is 265 g/mol.